The Bertz CT molecular complexity index is 83.6. The minimum Gasteiger partial charge on any atom is -0.304 e. The van der Waals surface area contributed by atoms with E-state index < -0.39 is 0 Å². The highest BCUT2D eigenvalue weighted by molar-refractivity contribution is 6.17. The van der Waals surface area contributed by atoms with Gasteiger partial charge >= 0.3 is 0 Å². The molecule has 0 rings (SSSR count). The van der Waals surface area contributed by atoms with Crippen LogP contribution in [-0.4, -0.2) is 30.4 Å². The van der Waals surface area contributed by atoms with Gasteiger partial charge in [-0.3, -0.25) is 0 Å². The van der Waals surface area contributed by atoms with Crippen molar-refractivity contribution in [1.82, 2.24) is 4.90 Å². The molecule has 0 aromatic carbocycles. The molecule has 1 nitrogen and oxygen atoms in total. The Morgan fingerprint density at radius 1 is 1.18 bits per heavy atom. The number of hydrogen-bond acceptors (Lipinski definition) is 1. The van der Waals surface area contributed by atoms with E-state index >= 15 is 0 Å². The van der Waals surface area contributed by atoms with Crippen LogP contribution in [-0.2, 0) is 0 Å². The minimum atomic E-state index is 0.672. The monoisotopic (exact) mass is 177 g/mol. The number of halogens is 1. The summed E-state index contributed by atoms with van der Waals surface area (Å²) in [6, 6.07) is 0.672. The quantitative estimate of drug-likeness (QED) is 0.446. The van der Waals surface area contributed by atoms with Crippen LogP contribution in [0.5, 0.6) is 0 Å². The maximum absolute atomic E-state index is 5.57. The van der Waals surface area contributed by atoms with Gasteiger partial charge in [0.15, 0.2) is 0 Å². The van der Waals surface area contributed by atoms with Gasteiger partial charge in [-0.25, -0.2) is 0 Å². The third kappa shape index (κ3) is 6.64. The van der Waals surface area contributed by atoms with E-state index in [0.29, 0.717) is 6.04 Å². The molecule has 0 aliphatic heterocycles. The first-order valence-electron chi connectivity index (χ1n) is 4.44. The van der Waals surface area contributed by atoms with Crippen molar-refractivity contribution in [2.75, 3.05) is 19.5 Å². The van der Waals surface area contributed by atoms with Crippen molar-refractivity contribution < 1.29 is 0 Å². The van der Waals surface area contributed by atoms with Gasteiger partial charge in [-0.1, -0.05) is 6.42 Å². The fourth-order valence-electron chi connectivity index (χ4n) is 0.891. The van der Waals surface area contributed by atoms with Crippen LogP contribution in [0.25, 0.3) is 0 Å². The van der Waals surface area contributed by atoms with Crippen molar-refractivity contribution in [3.8, 4) is 0 Å². The second kappa shape index (κ2) is 6.93. The third-order valence-corrected chi connectivity index (χ3v) is 2.29. The van der Waals surface area contributed by atoms with Crippen LogP contribution in [0.15, 0.2) is 0 Å². The molecule has 0 radical (unpaired) electrons. The molecule has 0 N–H and O–H groups in total. The van der Waals surface area contributed by atoms with E-state index in [4.69, 9.17) is 11.6 Å². The molecular weight excluding hydrogens is 158 g/mol. The lowest BCUT2D eigenvalue weighted by molar-refractivity contribution is 0.268. The summed E-state index contributed by atoms with van der Waals surface area (Å²) in [7, 11) is 2.17. The van der Waals surface area contributed by atoms with Crippen molar-refractivity contribution in [2.45, 2.75) is 39.2 Å². The lowest BCUT2D eigenvalue weighted by Gasteiger charge is -2.20. The van der Waals surface area contributed by atoms with E-state index in [0.717, 1.165) is 12.3 Å². The molecule has 0 aromatic heterocycles. The highest BCUT2D eigenvalue weighted by Crippen LogP contribution is 2.01. The van der Waals surface area contributed by atoms with Gasteiger partial charge in [0.05, 0.1) is 0 Å². The predicted molar refractivity (Wildman–Crippen MR) is 52.3 cm³/mol. The molecule has 0 atom stereocenters. The van der Waals surface area contributed by atoms with E-state index in [1.54, 1.807) is 0 Å². The summed E-state index contributed by atoms with van der Waals surface area (Å²) >= 11 is 5.57. The van der Waals surface area contributed by atoms with Crippen LogP contribution in [0.2, 0.25) is 0 Å². The first kappa shape index (κ1) is 11.2. The van der Waals surface area contributed by atoms with Gasteiger partial charge in [-0.05, 0) is 40.3 Å². The van der Waals surface area contributed by atoms with Crippen molar-refractivity contribution in [2.24, 2.45) is 0 Å². The topological polar surface area (TPSA) is 3.24 Å². The molecule has 2 heteroatoms. The third-order valence-electron chi connectivity index (χ3n) is 2.03. The van der Waals surface area contributed by atoms with Crippen molar-refractivity contribution in [1.29, 1.82) is 0 Å². The first-order chi connectivity index (χ1) is 5.18. The number of hydrogen-bond donors (Lipinski definition) is 0. The van der Waals surface area contributed by atoms with Gasteiger partial charge in [0.1, 0.15) is 0 Å². The highest BCUT2D eigenvalue weighted by Gasteiger charge is 2.00. The Morgan fingerprint density at radius 2 is 1.82 bits per heavy atom. The smallest absolute Gasteiger partial charge is 0.0223 e. The van der Waals surface area contributed by atoms with E-state index in [2.05, 4.69) is 25.8 Å². The maximum Gasteiger partial charge on any atom is 0.0223 e. The Kier molecular flexibility index (Phi) is 7.09. The fraction of sp³-hybridized carbons (Fsp3) is 1.00. The van der Waals surface area contributed by atoms with Gasteiger partial charge in [-0.2, -0.15) is 0 Å². The Labute approximate surface area is 75.7 Å². The molecule has 11 heavy (non-hydrogen) atoms. The number of nitrogens with zero attached hydrogens (tertiary/aromatic N) is 1. The number of rotatable bonds is 6. The van der Waals surface area contributed by atoms with Crippen molar-refractivity contribution in [3.05, 3.63) is 0 Å². The van der Waals surface area contributed by atoms with Crippen molar-refractivity contribution in [3.63, 3.8) is 0 Å². The summed E-state index contributed by atoms with van der Waals surface area (Å²) in [5.41, 5.74) is 0. The summed E-state index contributed by atoms with van der Waals surface area (Å²) in [5.74, 6) is 0.811. The van der Waals surface area contributed by atoms with Gasteiger partial charge in [0, 0.05) is 11.9 Å². The molecule has 0 aliphatic rings. The summed E-state index contributed by atoms with van der Waals surface area (Å²) in [5, 5.41) is 0. The van der Waals surface area contributed by atoms with Crippen LogP contribution >= 0.6 is 11.6 Å². The standard InChI is InChI=1S/C9H20ClN/c1-9(2)11(3)8-6-4-5-7-10/h9H,4-8H2,1-3H3. The van der Waals surface area contributed by atoms with Crippen LogP contribution in [0, 0.1) is 0 Å². The lowest BCUT2D eigenvalue weighted by atomic mass is 10.2. The second-order valence-electron chi connectivity index (χ2n) is 3.32. The Hall–Kier alpha value is 0.250. The average molecular weight is 178 g/mol. The van der Waals surface area contributed by atoms with Gasteiger partial charge in [0.2, 0.25) is 0 Å². The lowest BCUT2D eigenvalue weighted by Crippen LogP contribution is -2.27. The molecule has 68 valence electrons. The minimum absolute atomic E-state index is 0.672. The molecule has 0 spiro atoms. The van der Waals surface area contributed by atoms with Gasteiger partial charge in [0.25, 0.3) is 0 Å². The molecule has 0 aromatic rings. The maximum atomic E-state index is 5.57. The van der Waals surface area contributed by atoms with E-state index in [9.17, 15) is 0 Å². The molecule has 0 heterocycles. The van der Waals surface area contributed by atoms with E-state index in [1.807, 2.05) is 0 Å². The zero-order valence-electron chi connectivity index (χ0n) is 7.94. The van der Waals surface area contributed by atoms with Crippen molar-refractivity contribution >= 4 is 11.6 Å². The molecule has 0 bridgehead atoms. The van der Waals surface area contributed by atoms with Gasteiger partial charge in [-0.15, -0.1) is 11.6 Å². The Morgan fingerprint density at radius 3 is 2.27 bits per heavy atom. The van der Waals surface area contributed by atoms with Crippen LogP contribution in [0.3, 0.4) is 0 Å². The molecule has 0 aliphatic carbocycles. The summed E-state index contributed by atoms with van der Waals surface area (Å²) in [6.45, 7) is 5.65. The Balaban J connectivity index is 3.10. The van der Waals surface area contributed by atoms with E-state index in [1.165, 1.54) is 19.4 Å². The molecule has 0 fully saturated rings. The van der Waals surface area contributed by atoms with E-state index in [-0.39, 0.29) is 0 Å². The SMILES string of the molecule is CC(C)N(C)CCCCCCl. The molecule has 0 unspecified atom stereocenters. The number of unbranched alkanes of at least 4 members (excludes halogenated alkanes) is 2. The highest BCUT2D eigenvalue weighted by atomic mass is 35.5. The van der Waals surface area contributed by atoms with Crippen LogP contribution in [0.4, 0.5) is 0 Å². The second-order valence-corrected chi connectivity index (χ2v) is 3.70. The predicted octanol–water partition coefficient (Wildman–Crippen LogP) is 2.74. The summed E-state index contributed by atoms with van der Waals surface area (Å²) in [6.07, 6.45) is 3.70. The molecule has 0 saturated heterocycles. The number of alkyl halides is 1. The van der Waals surface area contributed by atoms with Gasteiger partial charge < -0.3 is 4.90 Å². The van der Waals surface area contributed by atoms with Crippen LogP contribution in [0.1, 0.15) is 33.1 Å². The molecule has 0 saturated carbocycles. The first-order valence-corrected chi connectivity index (χ1v) is 4.98. The average Bonchev–Trinajstić information content (AvgIpc) is 1.97. The molecular formula is C9H20ClN. The summed E-state index contributed by atoms with van der Waals surface area (Å²) < 4.78 is 0. The van der Waals surface area contributed by atoms with Crippen LogP contribution < -0.4 is 0 Å². The zero-order valence-corrected chi connectivity index (χ0v) is 8.69. The molecule has 0 amide bonds. The summed E-state index contributed by atoms with van der Waals surface area (Å²) in [4.78, 5) is 2.37. The zero-order chi connectivity index (χ0) is 8.69. The fourth-order valence-corrected chi connectivity index (χ4v) is 1.08. The largest absolute Gasteiger partial charge is 0.304 e. The normalized spacial score (nSPS) is 11.5.